The van der Waals surface area contributed by atoms with Gasteiger partial charge in [-0.05, 0) is 50.2 Å². The van der Waals surface area contributed by atoms with Crippen LogP contribution in [0.25, 0.3) is 6.08 Å². The molecular formula is C27H37N3O3. The third kappa shape index (κ3) is 6.24. The Morgan fingerprint density at radius 1 is 0.636 bits per heavy atom. The fraction of sp³-hybridized carbons (Fsp3) is 0.593. The summed E-state index contributed by atoms with van der Waals surface area (Å²) < 4.78 is 0. The highest BCUT2D eigenvalue weighted by Crippen LogP contribution is 2.26. The van der Waals surface area contributed by atoms with Crippen LogP contribution in [0.3, 0.4) is 0 Å². The van der Waals surface area contributed by atoms with Gasteiger partial charge >= 0.3 is 0 Å². The number of nitrogens with zero attached hydrogens (tertiary/aromatic N) is 3. The summed E-state index contributed by atoms with van der Waals surface area (Å²) >= 11 is 0. The van der Waals surface area contributed by atoms with Crippen molar-refractivity contribution < 1.29 is 14.4 Å². The van der Waals surface area contributed by atoms with Crippen molar-refractivity contribution >= 4 is 23.8 Å². The Balaban J connectivity index is 1.20. The first-order valence-electron chi connectivity index (χ1n) is 12.7. The minimum Gasteiger partial charge on any atom is -0.342 e. The van der Waals surface area contributed by atoms with E-state index >= 15 is 0 Å². The highest BCUT2D eigenvalue weighted by atomic mass is 16.2. The zero-order valence-electron chi connectivity index (χ0n) is 19.7. The predicted octanol–water partition coefficient (Wildman–Crippen LogP) is 3.58. The van der Waals surface area contributed by atoms with Gasteiger partial charge in [0.25, 0.3) is 0 Å². The first-order chi connectivity index (χ1) is 16.1. The van der Waals surface area contributed by atoms with Gasteiger partial charge in [-0.1, -0.05) is 43.2 Å². The zero-order valence-corrected chi connectivity index (χ0v) is 19.7. The molecule has 3 heterocycles. The summed E-state index contributed by atoms with van der Waals surface area (Å²) in [6.45, 7) is 4.41. The molecule has 0 aromatic heterocycles. The minimum absolute atomic E-state index is 0.00925. The highest BCUT2D eigenvalue weighted by Gasteiger charge is 2.34. The first kappa shape index (κ1) is 23.5. The second-order valence-electron chi connectivity index (χ2n) is 9.68. The molecule has 3 aliphatic heterocycles. The molecule has 0 radical (unpaired) electrons. The number of amides is 3. The Bertz CT molecular complexity index is 829. The molecule has 0 saturated carbocycles. The van der Waals surface area contributed by atoms with Crippen LogP contribution in [0.2, 0.25) is 0 Å². The molecule has 0 N–H and O–H groups in total. The minimum atomic E-state index is -0.00925. The van der Waals surface area contributed by atoms with Gasteiger partial charge in [0.1, 0.15) is 0 Å². The van der Waals surface area contributed by atoms with E-state index in [9.17, 15) is 14.4 Å². The van der Waals surface area contributed by atoms with E-state index in [2.05, 4.69) is 4.90 Å². The largest absolute Gasteiger partial charge is 0.342 e. The van der Waals surface area contributed by atoms with Crippen LogP contribution in [0.5, 0.6) is 0 Å². The van der Waals surface area contributed by atoms with Gasteiger partial charge in [-0.2, -0.15) is 0 Å². The molecule has 1 aromatic rings. The summed E-state index contributed by atoms with van der Waals surface area (Å²) in [6, 6.07) is 9.81. The average molecular weight is 452 g/mol. The van der Waals surface area contributed by atoms with Gasteiger partial charge in [0.15, 0.2) is 0 Å². The Labute approximate surface area is 197 Å². The Morgan fingerprint density at radius 3 is 1.67 bits per heavy atom. The van der Waals surface area contributed by atoms with Gasteiger partial charge in [-0.25, -0.2) is 0 Å². The molecule has 33 heavy (non-hydrogen) atoms. The maximum atomic E-state index is 13.1. The molecule has 0 atom stereocenters. The molecule has 6 nitrogen and oxygen atoms in total. The number of rotatable bonds is 4. The van der Waals surface area contributed by atoms with Crippen molar-refractivity contribution in [1.82, 2.24) is 14.7 Å². The number of hydrogen-bond donors (Lipinski definition) is 0. The monoisotopic (exact) mass is 451 g/mol. The Hall–Kier alpha value is -2.63. The van der Waals surface area contributed by atoms with Crippen molar-refractivity contribution in [3.05, 3.63) is 42.0 Å². The molecule has 1 aromatic carbocycles. The second-order valence-corrected chi connectivity index (χ2v) is 9.68. The van der Waals surface area contributed by atoms with Crippen LogP contribution in [0.1, 0.15) is 56.9 Å². The molecule has 3 fully saturated rings. The molecule has 3 saturated heterocycles. The molecule has 0 spiro atoms. The van der Waals surface area contributed by atoms with Crippen molar-refractivity contribution in [2.45, 2.75) is 51.4 Å². The SMILES string of the molecule is O=C(C=Cc1ccccc1)N1CCC(C(=O)N2CCC(C(=O)N3CCCCCC3)CC2)CC1. The van der Waals surface area contributed by atoms with E-state index in [-0.39, 0.29) is 23.7 Å². The fourth-order valence-corrected chi connectivity index (χ4v) is 5.34. The van der Waals surface area contributed by atoms with Gasteiger partial charge < -0.3 is 14.7 Å². The normalized spacial score (nSPS) is 21.3. The molecule has 0 aliphatic carbocycles. The lowest BCUT2D eigenvalue weighted by molar-refractivity contribution is -0.144. The van der Waals surface area contributed by atoms with E-state index in [0.717, 1.165) is 57.2 Å². The number of piperidine rings is 2. The van der Waals surface area contributed by atoms with Crippen LogP contribution in [-0.2, 0) is 14.4 Å². The number of hydrogen-bond acceptors (Lipinski definition) is 3. The van der Waals surface area contributed by atoms with Gasteiger partial charge in [-0.3, -0.25) is 14.4 Å². The summed E-state index contributed by atoms with van der Waals surface area (Å²) in [6.07, 6.45) is 11.2. The maximum absolute atomic E-state index is 13.1. The summed E-state index contributed by atoms with van der Waals surface area (Å²) in [7, 11) is 0. The van der Waals surface area contributed by atoms with E-state index in [0.29, 0.717) is 32.1 Å². The number of carbonyl (C=O) groups excluding carboxylic acids is 3. The van der Waals surface area contributed by atoms with Crippen LogP contribution in [0, 0.1) is 11.8 Å². The quantitative estimate of drug-likeness (QED) is 0.658. The van der Waals surface area contributed by atoms with Crippen molar-refractivity contribution in [3.63, 3.8) is 0 Å². The molecule has 4 rings (SSSR count). The van der Waals surface area contributed by atoms with E-state index < -0.39 is 0 Å². The van der Waals surface area contributed by atoms with Crippen LogP contribution < -0.4 is 0 Å². The van der Waals surface area contributed by atoms with E-state index in [4.69, 9.17) is 0 Å². The van der Waals surface area contributed by atoms with Crippen LogP contribution in [0.15, 0.2) is 36.4 Å². The van der Waals surface area contributed by atoms with Crippen LogP contribution >= 0.6 is 0 Å². The molecular weight excluding hydrogens is 414 g/mol. The summed E-state index contributed by atoms with van der Waals surface area (Å²) in [4.78, 5) is 44.4. The number of carbonyl (C=O) groups is 3. The molecule has 3 amide bonds. The Morgan fingerprint density at radius 2 is 1.12 bits per heavy atom. The second kappa shape index (κ2) is 11.5. The van der Waals surface area contributed by atoms with E-state index in [1.807, 2.05) is 46.2 Å². The maximum Gasteiger partial charge on any atom is 0.246 e. The van der Waals surface area contributed by atoms with Crippen LogP contribution in [-0.4, -0.2) is 71.7 Å². The molecule has 3 aliphatic rings. The first-order valence-corrected chi connectivity index (χ1v) is 12.7. The Kier molecular flexibility index (Phi) is 8.19. The topological polar surface area (TPSA) is 60.9 Å². The molecule has 6 heteroatoms. The third-order valence-corrected chi connectivity index (χ3v) is 7.45. The standard InChI is InChI=1S/C27H37N3O3/c31-25(11-10-22-8-4-3-5-9-22)28-18-12-23(13-19-28)27(33)30-20-14-24(15-21-30)26(32)29-16-6-1-2-7-17-29/h3-5,8-11,23-24H,1-2,6-7,12-21H2. The van der Waals surface area contributed by atoms with Crippen molar-refractivity contribution in [1.29, 1.82) is 0 Å². The summed E-state index contributed by atoms with van der Waals surface area (Å²) in [5, 5.41) is 0. The van der Waals surface area contributed by atoms with Gasteiger partial charge in [0.05, 0.1) is 0 Å². The van der Waals surface area contributed by atoms with Gasteiger partial charge in [-0.15, -0.1) is 0 Å². The van der Waals surface area contributed by atoms with E-state index in [1.165, 1.54) is 12.8 Å². The lowest BCUT2D eigenvalue weighted by Crippen LogP contribution is -2.48. The lowest BCUT2D eigenvalue weighted by atomic mass is 9.91. The molecule has 0 unspecified atom stereocenters. The van der Waals surface area contributed by atoms with Crippen molar-refractivity contribution in [2.75, 3.05) is 39.3 Å². The third-order valence-electron chi connectivity index (χ3n) is 7.45. The number of benzene rings is 1. The summed E-state index contributed by atoms with van der Waals surface area (Å²) in [5.41, 5.74) is 1.01. The number of likely N-dealkylation sites (tertiary alicyclic amines) is 3. The lowest BCUT2D eigenvalue weighted by Gasteiger charge is -2.37. The fourth-order valence-electron chi connectivity index (χ4n) is 5.34. The van der Waals surface area contributed by atoms with Crippen LogP contribution in [0.4, 0.5) is 0 Å². The van der Waals surface area contributed by atoms with E-state index in [1.54, 1.807) is 6.08 Å². The van der Waals surface area contributed by atoms with Crippen molar-refractivity contribution in [3.8, 4) is 0 Å². The van der Waals surface area contributed by atoms with Crippen molar-refractivity contribution in [2.24, 2.45) is 11.8 Å². The smallest absolute Gasteiger partial charge is 0.246 e. The predicted molar refractivity (Wildman–Crippen MR) is 129 cm³/mol. The molecule has 178 valence electrons. The highest BCUT2D eigenvalue weighted by molar-refractivity contribution is 5.92. The average Bonchev–Trinajstić information content (AvgIpc) is 3.17. The zero-order chi connectivity index (χ0) is 23.0. The molecule has 0 bridgehead atoms. The summed E-state index contributed by atoms with van der Waals surface area (Å²) in [5.74, 6) is 0.590. The van der Waals surface area contributed by atoms with Gasteiger partial charge in [0, 0.05) is 57.2 Å². The van der Waals surface area contributed by atoms with Gasteiger partial charge in [0.2, 0.25) is 17.7 Å².